The first-order valence-corrected chi connectivity index (χ1v) is 9.54. The van der Waals surface area contributed by atoms with Crippen molar-refractivity contribution in [2.24, 2.45) is 0 Å². The minimum Gasteiger partial charge on any atom is -0.508 e. The van der Waals surface area contributed by atoms with Crippen LogP contribution in [0.4, 0.5) is 0 Å². The van der Waals surface area contributed by atoms with E-state index in [4.69, 9.17) is 4.74 Å². The fourth-order valence-corrected chi connectivity index (χ4v) is 3.44. The fraction of sp³-hybridized carbons (Fsp3) is 0.333. The molecule has 27 heavy (non-hydrogen) atoms. The Bertz CT molecular complexity index is 858. The van der Waals surface area contributed by atoms with Gasteiger partial charge in [-0.2, -0.15) is 0 Å². The van der Waals surface area contributed by atoms with Gasteiger partial charge in [0.2, 0.25) is 0 Å². The molecule has 0 bridgehead atoms. The van der Waals surface area contributed by atoms with Crippen LogP contribution in [0.5, 0.6) is 5.75 Å². The molecular weight excluding hydrogens is 334 g/mol. The molecule has 0 unspecified atom stereocenters. The largest absolute Gasteiger partial charge is 0.508 e. The lowest BCUT2D eigenvalue weighted by molar-refractivity contribution is 0.260. The first kappa shape index (κ1) is 19.2. The number of aryl methyl sites for hydroxylation is 2. The first-order chi connectivity index (χ1) is 12.9. The van der Waals surface area contributed by atoms with Crippen molar-refractivity contribution in [2.75, 3.05) is 27.2 Å². The van der Waals surface area contributed by atoms with Crippen LogP contribution in [0.15, 0.2) is 54.3 Å². The molecule has 1 aliphatic rings. The molecule has 142 valence electrons. The topological polar surface area (TPSA) is 32.7 Å². The summed E-state index contributed by atoms with van der Waals surface area (Å²) in [6, 6.07) is 12.8. The van der Waals surface area contributed by atoms with E-state index in [1.165, 1.54) is 16.7 Å². The molecule has 0 amide bonds. The van der Waals surface area contributed by atoms with Crippen LogP contribution in [0.2, 0.25) is 0 Å². The number of hydrogen-bond acceptors (Lipinski definition) is 3. The summed E-state index contributed by atoms with van der Waals surface area (Å²) < 4.78 is 6.07. The highest BCUT2D eigenvalue weighted by Gasteiger charge is 2.16. The molecule has 3 nitrogen and oxygen atoms in total. The van der Waals surface area contributed by atoms with Gasteiger partial charge in [0.05, 0.1) is 0 Å². The quantitative estimate of drug-likeness (QED) is 0.732. The van der Waals surface area contributed by atoms with Gasteiger partial charge in [0, 0.05) is 17.7 Å². The molecule has 0 saturated heterocycles. The summed E-state index contributed by atoms with van der Waals surface area (Å²) in [6.45, 7) is 5.70. The third-order valence-corrected chi connectivity index (χ3v) is 4.75. The third-order valence-electron chi connectivity index (χ3n) is 4.75. The van der Waals surface area contributed by atoms with Gasteiger partial charge in [0.1, 0.15) is 18.1 Å². The summed E-state index contributed by atoms with van der Waals surface area (Å²) >= 11 is 0. The van der Waals surface area contributed by atoms with E-state index in [1.54, 1.807) is 0 Å². The minimum absolute atomic E-state index is 0.344. The lowest BCUT2D eigenvalue weighted by Crippen LogP contribution is -2.19. The second kappa shape index (κ2) is 8.45. The number of hydrogen-bond donors (Lipinski definition) is 1. The smallest absolute Gasteiger partial charge is 0.127 e. The van der Waals surface area contributed by atoms with E-state index in [1.807, 2.05) is 26.2 Å². The van der Waals surface area contributed by atoms with Gasteiger partial charge in [-0.05, 0) is 70.1 Å². The second-order valence-electron chi connectivity index (χ2n) is 7.52. The van der Waals surface area contributed by atoms with Crippen LogP contribution in [-0.4, -0.2) is 37.3 Å². The summed E-state index contributed by atoms with van der Waals surface area (Å²) in [5.41, 5.74) is 6.64. The highest BCUT2D eigenvalue weighted by molar-refractivity contribution is 5.84. The van der Waals surface area contributed by atoms with Crippen LogP contribution < -0.4 is 4.74 Å². The molecule has 1 N–H and O–H groups in total. The van der Waals surface area contributed by atoms with Crippen LogP contribution in [0, 0.1) is 13.8 Å². The Labute approximate surface area is 162 Å². The Morgan fingerprint density at radius 3 is 2.30 bits per heavy atom. The number of allylic oxidation sites excluding steroid dienone is 3. The van der Waals surface area contributed by atoms with Crippen LogP contribution in [0.3, 0.4) is 0 Å². The minimum atomic E-state index is 0.344. The molecule has 3 rings (SSSR count). The summed E-state index contributed by atoms with van der Waals surface area (Å²) in [6.07, 6.45) is 5.81. The van der Waals surface area contributed by atoms with E-state index in [-0.39, 0.29) is 0 Å². The molecule has 0 aromatic heterocycles. The van der Waals surface area contributed by atoms with E-state index in [2.05, 4.69) is 55.2 Å². The molecule has 0 spiro atoms. The van der Waals surface area contributed by atoms with Crippen molar-refractivity contribution in [3.8, 4) is 16.9 Å². The van der Waals surface area contributed by atoms with Gasteiger partial charge in [-0.25, -0.2) is 0 Å². The Balaban J connectivity index is 2.02. The first-order valence-electron chi connectivity index (χ1n) is 9.54. The molecule has 0 aliphatic heterocycles. The van der Waals surface area contributed by atoms with Gasteiger partial charge < -0.3 is 14.7 Å². The normalized spacial score (nSPS) is 14.1. The number of aliphatic hydroxyl groups excluding tert-OH is 1. The second-order valence-corrected chi connectivity index (χ2v) is 7.52. The Kier molecular flexibility index (Phi) is 6.02. The highest BCUT2D eigenvalue weighted by Crippen LogP contribution is 2.36. The van der Waals surface area contributed by atoms with Crippen molar-refractivity contribution >= 4 is 5.57 Å². The van der Waals surface area contributed by atoms with Gasteiger partial charge >= 0.3 is 0 Å². The van der Waals surface area contributed by atoms with Gasteiger partial charge in [-0.15, -0.1) is 0 Å². The Morgan fingerprint density at radius 1 is 0.926 bits per heavy atom. The summed E-state index contributed by atoms with van der Waals surface area (Å²) in [5, 5.41) is 10.4. The third kappa shape index (κ3) is 4.81. The number of benzene rings is 2. The lowest BCUT2D eigenvalue weighted by Gasteiger charge is -2.19. The number of likely N-dealkylation sites (N-methyl/N-ethyl adjacent to an activating group) is 1. The predicted molar refractivity (Wildman–Crippen MR) is 113 cm³/mol. The van der Waals surface area contributed by atoms with Crippen LogP contribution in [-0.2, 0) is 0 Å². The maximum Gasteiger partial charge on any atom is 0.127 e. The van der Waals surface area contributed by atoms with Crippen molar-refractivity contribution in [2.45, 2.75) is 26.7 Å². The summed E-state index contributed by atoms with van der Waals surface area (Å²) in [4.78, 5) is 2.10. The van der Waals surface area contributed by atoms with Crippen molar-refractivity contribution in [3.05, 3.63) is 71.0 Å². The zero-order valence-corrected chi connectivity index (χ0v) is 16.7. The molecule has 0 fully saturated rings. The van der Waals surface area contributed by atoms with Gasteiger partial charge in [-0.3, -0.25) is 0 Å². The zero-order valence-electron chi connectivity index (χ0n) is 16.7. The van der Waals surface area contributed by atoms with Gasteiger partial charge in [0.15, 0.2) is 0 Å². The Hall–Kier alpha value is -2.52. The van der Waals surface area contributed by atoms with E-state index in [0.717, 1.165) is 41.8 Å². The van der Waals surface area contributed by atoms with E-state index < -0.39 is 0 Å². The summed E-state index contributed by atoms with van der Waals surface area (Å²) in [7, 11) is 4.07. The van der Waals surface area contributed by atoms with E-state index >= 15 is 0 Å². The summed E-state index contributed by atoms with van der Waals surface area (Å²) in [5.74, 6) is 1.16. The van der Waals surface area contributed by atoms with Crippen molar-refractivity contribution < 1.29 is 9.84 Å². The molecule has 0 heterocycles. The van der Waals surface area contributed by atoms with Crippen LogP contribution >= 0.6 is 0 Å². The number of ether oxygens (including phenoxy) is 1. The average Bonchev–Trinajstić information content (AvgIpc) is 2.61. The highest BCUT2D eigenvalue weighted by atomic mass is 16.5. The van der Waals surface area contributed by atoms with Crippen molar-refractivity contribution in [1.29, 1.82) is 0 Å². The lowest BCUT2D eigenvalue weighted by atomic mass is 9.93. The maximum absolute atomic E-state index is 10.4. The zero-order chi connectivity index (χ0) is 19.4. The van der Waals surface area contributed by atoms with Crippen LogP contribution in [0.25, 0.3) is 16.7 Å². The van der Waals surface area contributed by atoms with Crippen LogP contribution in [0.1, 0.15) is 29.5 Å². The molecule has 1 aliphatic carbocycles. The monoisotopic (exact) mass is 363 g/mol. The van der Waals surface area contributed by atoms with E-state index in [9.17, 15) is 5.11 Å². The maximum atomic E-state index is 10.4. The van der Waals surface area contributed by atoms with Gasteiger partial charge in [0.25, 0.3) is 0 Å². The van der Waals surface area contributed by atoms with Crippen molar-refractivity contribution in [1.82, 2.24) is 4.90 Å². The average molecular weight is 364 g/mol. The number of aliphatic hydroxyl groups is 1. The Morgan fingerprint density at radius 2 is 1.63 bits per heavy atom. The predicted octanol–water partition coefficient (Wildman–Crippen LogP) is 5.53. The molecule has 0 radical (unpaired) electrons. The SMILES string of the molecule is Cc1cc(C)cc(-c2ccc(OCCN(C)C)c(C3=CCCC=C3O)c2)c1. The molecule has 3 heteroatoms. The standard InChI is InChI=1S/C24H29NO2/c1-17-13-18(2)15-20(14-17)19-9-10-24(27-12-11-25(3)4)22(16-19)21-7-5-6-8-23(21)26/h7-10,13-16,26H,5-6,11-12H2,1-4H3. The molecule has 0 saturated carbocycles. The van der Waals surface area contributed by atoms with E-state index in [0.29, 0.717) is 12.4 Å². The van der Waals surface area contributed by atoms with Gasteiger partial charge in [-0.1, -0.05) is 41.5 Å². The fourth-order valence-electron chi connectivity index (χ4n) is 3.44. The number of rotatable bonds is 6. The molecule has 0 atom stereocenters. The molecular formula is C24H29NO2. The molecule has 2 aromatic carbocycles. The van der Waals surface area contributed by atoms with Crippen molar-refractivity contribution in [3.63, 3.8) is 0 Å². The molecule has 2 aromatic rings. The number of nitrogens with zero attached hydrogens (tertiary/aromatic N) is 1.